The molecule has 0 aliphatic heterocycles. The number of nitrogens with one attached hydrogen (secondary N) is 1. The van der Waals surface area contributed by atoms with Crippen LogP contribution in [0.25, 0.3) is 0 Å². The molecule has 0 saturated heterocycles. The van der Waals surface area contributed by atoms with E-state index in [9.17, 15) is 4.79 Å². The highest BCUT2D eigenvalue weighted by Gasteiger charge is 2.10. The minimum absolute atomic E-state index is 0.183. The number of pyridine rings is 1. The highest BCUT2D eigenvalue weighted by Crippen LogP contribution is 2.33. The van der Waals surface area contributed by atoms with Crippen molar-refractivity contribution in [1.29, 1.82) is 0 Å². The molecule has 0 atom stereocenters. The van der Waals surface area contributed by atoms with Crippen LogP contribution in [0.5, 0.6) is 11.5 Å². The van der Waals surface area contributed by atoms with Gasteiger partial charge in [0, 0.05) is 17.2 Å². The molecule has 0 aliphatic rings. The van der Waals surface area contributed by atoms with Gasteiger partial charge < -0.3 is 14.8 Å². The molecule has 0 fully saturated rings. The number of amides is 1. The molecule has 1 aromatic heterocycles. The van der Waals surface area contributed by atoms with Crippen LogP contribution in [0.3, 0.4) is 0 Å². The highest BCUT2D eigenvalue weighted by molar-refractivity contribution is 9.10. The summed E-state index contributed by atoms with van der Waals surface area (Å²) in [6, 6.07) is 9.00. The first kappa shape index (κ1) is 16.3. The van der Waals surface area contributed by atoms with E-state index in [1.54, 1.807) is 38.6 Å². The molecule has 6 heteroatoms. The Hall–Kier alpha value is -2.08. The van der Waals surface area contributed by atoms with E-state index in [2.05, 4.69) is 26.2 Å². The molecule has 1 aromatic carbocycles. The molecule has 0 spiro atoms. The van der Waals surface area contributed by atoms with Crippen molar-refractivity contribution in [1.82, 2.24) is 10.3 Å². The van der Waals surface area contributed by atoms with Crippen molar-refractivity contribution in [2.75, 3.05) is 20.8 Å². The summed E-state index contributed by atoms with van der Waals surface area (Å²) in [6.45, 7) is 0.503. The largest absolute Gasteiger partial charge is 0.493 e. The summed E-state index contributed by atoms with van der Waals surface area (Å²) in [5.74, 6) is 1.14. The summed E-state index contributed by atoms with van der Waals surface area (Å²) in [6.07, 6.45) is 2.26. The number of rotatable bonds is 6. The van der Waals surface area contributed by atoms with Crippen LogP contribution in [0.15, 0.2) is 41.0 Å². The predicted octanol–water partition coefficient (Wildman–Crippen LogP) is 2.83. The van der Waals surface area contributed by atoms with Crippen LogP contribution in [-0.4, -0.2) is 31.7 Å². The first-order valence-corrected chi connectivity index (χ1v) is 7.54. The van der Waals surface area contributed by atoms with Gasteiger partial charge in [-0.05, 0) is 36.2 Å². The summed E-state index contributed by atoms with van der Waals surface area (Å²) < 4.78 is 11.4. The average Bonchev–Trinajstić information content (AvgIpc) is 2.56. The normalized spacial score (nSPS) is 10.1. The Morgan fingerprint density at radius 1 is 1.23 bits per heavy atom. The Labute approximate surface area is 137 Å². The van der Waals surface area contributed by atoms with Crippen molar-refractivity contribution < 1.29 is 14.3 Å². The van der Waals surface area contributed by atoms with Crippen LogP contribution >= 0.6 is 15.9 Å². The van der Waals surface area contributed by atoms with Gasteiger partial charge in [0.2, 0.25) is 0 Å². The van der Waals surface area contributed by atoms with Crippen LogP contribution < -0.4 is 14.8 Å². The summed E-state index contributed by atoms with van der Waals surface area (Å²) in [7, 11) is 3.19. The zero-order valence-corrected chi connectivity index (χ0v) is 14.0. The molecule has 0 bridgehead atoms. The SMILES string of the molecule is COc1cc(Br)c(CCNC(=O)c2ccccn2)cc1OC. The lowest BCUT2D eigenvalue weighted by molar-refractivity contribution is 0.0949. The van der Waals surface area contributed by atoms with Crippen LogP contribution in [0.4, 0.5) is 0 Å². The molecule has 116 valence electrons. The van der Waals surface area contributed by atoms with E-state index >= 15 is 0 Å². The third-order valence-electron chi connectivity index (χ3n) is 3.13. The Balaban J connectivity index is 1.98. The molecular weight excluding hydrogens is 348 g/mol. The molecule has 0 unspecified atom stereocenters. The summed E-state index contributed by atoms with van der Waals surface area (Å²) >= 11 is 3.50. The minimum Gasteiger partial charge on any atom is -0.493 e. The lowest BCUT2D eigenvalue weighted by atomic mass is 10.1. The molecule has 0 saturated carbocycles. The van der Waals surface area contributed by atoms with Gasteiger partial charge in [-0.3, -0.25) is 9.78 Å². The molecule has 2 rings (SSSR count). The molecule has 1 amide bonds. The van der Waals surface area contributed by atoms with E-state index < -0.39 is 0 Å². The molecular formula is C16H17BrN2O3. The van der Waals surface area contributed by atoms with Crippen LogP contribution in [-0.2, 0) is 6.42 Å². The smallest absolute Gasteiger partial charge is 0.269 e. The lowest BCUT2D eigenvalue weighted by Gasteiger charge is -2.12. The van der Waals surface area contributed by atoms with Crippen LogP contribution in [0.2, 0.25) is 0 Å². The third kappa shape index (κ3) is 3.98. The Kier molecular flexibility index (Phi) is 5.77. The second-order valence-corrected chi connectivity index (χ2v) is 5.37. The number of benzene rings is 1. The molecule has 1 N–H and O–H groups in total. The summed E-state index contributed by atoms with van der Waals surface area (Å²) in [4.78, 5) is 15.9. The van der Waals surface area contributed by atoms with Crippen molar-refractivity contribution in [2.24, 2.45) is 0 Å². The Bertz CT molecular complexity index is 647. The topological polar surface area (TPSA) is 60.5 Å². The van der Waals surface area contributed by atoms with E-state index in [1.165, 1.54) is 0 Å². The van der Waals surface area contributed by atoms with E-state index in [1.807, 2.05) is 12.1 Å². The van der Waals surface area contributed by atoms with Crippen molar-refractivity contribution in [3.8, 4) is 11.5 Å². The van der Waals surface area contributed by atoms with Gasteiger partial charge in [0.1, 0.15) is 5.69 Å². The fraction of sp³-hybridized carbons (Fsp3) is 0.250. The van der Waals surface area contributed by atoms with E-state index in [4.69, 9.17) is 9.47 Å². The van der Waals surface area contributed by atoms with Crippen molar-refractivity contribution in [2.45, 2.75) is 6.42 Å². The monoisotopic (exact) mass is 364 g/mol. The van der Waals surface area contributed by atoms with Gasteiger partial charge in [0.15, 0.2) is 11.5 Å². The maximum absolute atomic E-state index is 11.9. The van der Waals surface area contributed by atoms with Gasteiger partial charge in [-0.15, -0.1) is 0 Å². The number of hydrogen-bond acceptors (Lipinski definition) is 4. The molecule has 22 heavy (non-hydrogen) atoms. The maximum Gasteiger partial charge on any atom is 0.269 e. The van der Waals surface area contributed by atoms with Crippen LogP contribution in [0, 0.1) is 0 Å². The molecule has 2 aromatic rings. The molecule has 1 heterocycles. The van der Waals surface area contributed by atoms with Gasteiger partial charge in [0.05, 0.1) is 14.2 Å². The van der Waals surface area contributed by atoms with E-state index in [-0.39, 0.29) is 5.91 Å². The van der Waals surface area contributed by atoms with Crippen molar-refractivity contribution in [3.05, 3.63) is 52.3 Å². The molecule has 5 nitrogen and oxygen atoms in total. The second kappa shape index (κ2) is 7.79. The van der Waals surface area contributed by atoms with Gasteiger partial charge in [-0.2, -0.15) is 0 Å². The second-order valence-electron chi connectivity index (χ2n) is 4.52. The number of halogens is 1. The third-order valence-corrected chi connectivity index (χ3v) is 3.87. The fourth-order valence-corrected chi connectivity index (χ4v) is 2.51. The molecule has 0 aliphatic carbocycles. The maximum atomic E-state index is 11.9. The standard InChI is InChI=1S/C16H17BrN2O3/c1-21-14-9-11(12(17)10-15(14)22-2)6-8-19-16(20)13-5-3-4-7-18-13/h3-5,7,9-10H,6,8H2,1-2H3,(H,19,20). The lowest BCUT2D eigenvalue weighted by Crippen LogP contribution is -2.26. The van der Waals surface area contributed by atoms with Crippen LogP contribution in [0.1, 0.15) is 16.1 Å². The quantitative estimate of drug-likeness (QED) is 0.855. The number of nitrogens with zero attached hydrogens (tertiary/aromatic N) is 1. The van der Waals surface area contributed by atoms with E-state index in [0.717, 1.165) is 10.0 Å². The Morgan fingerprint density at radius 3 is 2.59 bits per heavy atom. The zero-order chi connectivity index (χ0) is 15.9. The summed E-state index contributed by atoms with van der Waals surface area (Å²) in [5, 5.41) is 2.85. The summed E-state index contributed by atoms with van der Waals surface area (Å²) in [5.41, 5.74) is 1.44. The predicted molar refractivity (Wildman–Crippen MR) is 87.5 cm³/mol. The molecule has 0 radical (unpaired) electrons. The first-order chi connectivity index (χ1) is 10.7. The van der Waals surface area contributed by atoms with Gasteiger partial charge in [-0.1, -0.05) is 22.0 Å². The average molecular weight is 365 g/mol. The van der Waals surface area contributed by atoms with E-state index in [0.29, 0.717) is 30.2 Å². The number of carbonyl (C=O) groups excluding carboxylic acids is 1. The Morgan fingerprint density at radius 2 is 1.95 bits per heavy atom. The van der Waals surface area contributed by atoms with Gasteiger partial charge >= 0.3 is 0 Å². The number of carbonyl (C=O) groups is 1. The number of aromatic nitrogens is 1. The highest BCUT2D eigenvalue weighted by atomic mass is 79.9. The zero-order valence-electron chi connectivity index (χ0n) is 12.4. The van der Waals surface area contributed by atoms with Crippen molar-refractivity contribution >= 4 is 21.8 Å². The first-order valence-electron chi connectivity index (χ1n) is 6.75. The van der Waals surface area contributed by atoms with Crippen molar-refractivity contribution in [3.63, 3.8) is 0 Å². The minimum atomic E-state index is -0.183. The number of hydrogen-bond donors (Lipinski definition) is 1. The van der Waals surface area contributed by atoms with Gasteiger partial charge in [-0.25, -0.2) is 0 Å². The number of ether oxygens (including phenoxy) is 2. The van der Waals surface area contributed by atoms with Gasteiger partial charge in [0.25, 0.3) is 5.91 Å². The fourth-order valence-electron chi connectivity index (χ4n) is 1.99. The number of methoxy groups -OCH3 is 2.